The third-order valence-corrected chi connectivity index (χ3v) is 8.25. The molecule has 1 aromatic heterocycles. The Balaban J connectivity index is 1.91. The number of benzene rings is 3. The third-order valence-electron chi connectivity index (χ3n) is 6.48. The van der Waals surface area contributed by atoms with E-state index in [2.05, 4.69) is 5.32 Å². The van der Waals surface area contributed by atoms with Crippen molar-refractivity contribution < 1.29 is 23.1 Å². The van der Waals surface area contributed by atoms with Crippen molar-refractivity contribution in [2.24, 2.45) is 5.73 Å². The van der Waals surface area contributed by atoms with E-state index in [-0.39, 0.29) is 53.9 Å². The maximum absolute atomic E-state index is 15.5. The molecule has 0 saturated heterocycles. The third kappa shape index (κ3) is 5.24. The summed E-state index contributed by atoms with van der Waals surface area (Å²) in [6.45, 7) is 1.48. The fourth-order valence-electron chi connectivity index (χ4n) is 4.65. The number of ether oxygens (including phenoxy) is 1. The number of nitrogens with one attached hydrogen (secondary N) is 1. The Kier molecular flexibility index (Phi) is 8.31. The number of aromatic nitrogens is 1. The number of esters is 1. The first-order chi connectivity index (χ1) is 20.1. The highest BCUT2D eigenvalue weighted by Gasteiger charge is 2.41. The topological polar surface area (TPSA) is 103 Å². The van der Waals surface area contributed by atoms with Crippen LogP contribution in [0.2, 0.25) is 10.0 Å². The first-order valence-corrected chi connectivity index (χ1v) is 14.1. The van der Waals surface area contributed by atoms with E-state index in [1.165, 1.54) is 36.4 Å². The van der Waals surface area contributed by atoms with Crippen molar-refractivity contribution in [3.63, 3.8) is 0 Å². The number of anilines is 1. The lowest BCUT2D eigenvalue weighted by atomic mass is 9.82. The van der Waals surface area contributed by atoms with E-state index in [0.717, 1.165) is 22.0 Å². The molecule has 0 spiro atoms. The first kappa shape index (κ1) is 29.2. The molecule has 12 heteroatoms. The molecule has 0 fully saturated rings. The quantitative estimate of drug-likeness (QED) is 0.304. The Morgan fingerprint density at radius 3 is 2.31 bits per heavy atom. The number of nitrogens with zero attached hydrogens (tertiary/aromatic N) is 1. The molecule has 214 valence electrons. The predicted molar refractivity (Wildman–Crippen MR) is 159 cm³/mol. The number of carbonyl (C=O) groups excluding carboxylic acids is 2. The lowest BCUT2D eigenvalue weighted by molar-refractivity contribution is -0.138. The number of para-hydroxylation sites is 1. The lowest BCUT2D eigenvalue weighted by Crippen LogP contribution is -2.42. The van der Waals surface area contributed by atoms with Gasteiger partial charge in [-0.15, -0.1) is 11.3 Å². The Labute approximate surface area is 251 Å². The molecule has 3 N–H and O–H groups in total. The molecule has 0 bridgehead atoms. The monoisotopic (exact) mass is 627 g/mol. The van der Waals surface area contributed by atoms with Crippen LogP contribution < -0.4 is 25.8 Å². The predicted octanol–water partition coefficient (Wildman–Crippen LogP) is 4.60. The second-order valence-electron chi connectivity index (χ2n) is 9.01. The number of amides is 1. The van der Waals surface area contributed by atoms with E-state index in [4.69, 9.17) is 33.7 Å². The Morgan fingerprint density at radius 1 is 1.00 bits per heavy atom. The van der Waals surface area contributed by atoms with E-state index in [9.17, 15) is 18.8 Å². The first-order valence-electron chi connectivity index (χ1n) is 12.5. The fraction of sp³-hybridized carbons (Fsp3) is 0.100. The average molecular weight is 628 g/mol. The summed E-state index contributed by atoms with van der Waals surface area (Å²) in [7, 11) is 0. The van der Waals surface area contributed by atoms with Gasteiger partial charge in [0, 0.05) is 21.8 Å². The molecule has 2 heterocycles. The van der Waals surface area contributed by atoms with Crippen LogP contribution >= 0.6 is 34.5 Å². The maximum Gasteiger partial charge on any atom is 0.338 e. The Bertz CT molecular complexity index is 1910. The van der Waals surface area contributed by atoms with Crippen molar-refractivity contribution in [2.75, 3.05) is 11.9 Å². The summed E-state index contributed by atoms with van der Waals surface area (Å²) >= 11 is 13.5. The molecule has 1 amide bonds. The van der Waals surface area contributed by atoms with Crippen LogP contribution in [-0.2, 0) is 14.3 Å². The van der Waals surface area contributed by atoms with Crippen LogP contribution in [0.5, 0.6) is 0 Å². The number of thiazole rings is 1. The highest BCUT2D eigenvalue weighted by atomic mass is 35.5. The van der Waals surface area contributed by atoms with E-state index >= 15 is 4.39 Å². The Morgan fingerprint density at radius 2 is 1.67 bits per heavy atom. The minimum absolute atomic E-state index is 0.0120. The molecule has 3 aromatic carbocycles. The Hall–Kier alpha value is -4.25. The van der Waals surface area contributed by atoms with Gasteiger partial charge in [-0.25, -0.2) is 13.6 Å². The van der Waals surface area contributed by atoms with Crippen LogP contribution in [-0.4, -0.2) is 23.1 Å². The number of hydrogen-bond acceptors (Lipinski definition) is 6. The summed E-state index contributed by atoms with van der Waals surface area (Å²) in [4.78, 5) is 41.2. The zero-order valence-corrected chi connectivity index (χ0v) is 24.1. The number of fused-ring (bicyclic) bond motifs is 1. The van der Waals surface area contributed by atoms with Gasteiger partial charge in [0.15, 0.2) is 0 Å². The van der Waals surface area contributed by atoms with Crippen molar-refractivity contribution in [1.29, 1.82) is 0 Å². The van der Waals surface area contributed by atoms with Gasteiger partial charge in [0.25, 0.3) is 11.5 Å². The molecule has 5 rings (SSSR count). The van der Waals surface area contributed by atoms with E-state index in [1.807, 2.05) is 0 Å². The van der Waals surface area contributed by atoms with Crippen LogP contribution in [0.15, 0.2) is 77.1 Å². The molecule has 1 atom stereocenters. The maximum atomic E-state index is 15.5. The normalized spacial score (nSPS) is 15.0. The van der Waals surface area contributed by atoms with Crippen molar-refractivity contribution in [1.82, 2.24) is 4.57 Å². The van der Waals surface area contributed by atoms with Gasteiger partial charge in [0.05, 0.1) is 33.2 Å². The standard InChI is InChI=1S/C30H21Cl2F2N3O4S/c1-2-41-30(40)24-23(22-18(32)11-7-13-20(22)34)25(27(38)36-15-8-4-3-5-9-15)29-37(26(24)35)28(39)21(42-29)14-16-17(31)10-6-12-19(16)33/h3-14,23H,2,35H2,1H3,(H,36,38)/b21-14-. The number of carbonyl (C=O) groups is 2. The minimum Gasteiger partial charge on any atom is -0.463 e. The van der Waals surface area contributed by atoms with Gasteiger partial charge in [-0.05, 0) is 49.4 Å². The van der Waals surface area contributed by atoms with Gasteiger partial charge >= 0.3 is 5.97 Å². The van der Waals surface area contributed by atoms with Gasteiger partial charge < -0.3 is 15.8 Å². The molecule has 1 unspecified atom stereocenters. The molecule has 0 aliphatic carbocycles. The summed E-state index contributed by atoms with van der Waals surface area (Å²) in [5.74, 6) is -5.09. The van der Waals surface area contributed by atoms with Gasteiger partial charge in [0.1, 0.15) is 22.1 Å². The second kappa shape index (κ2) is 11.9. The highest BCUT2D eigenvalue weighted by Crippen LogP contribution is 2.42. The molecular weight excluding hydrogens is 607 g/mol. The van der Waals surface area contributed by atoms with Gasteiger partial charge in [-0.2, -0.15) is 0 Å². The van der Waals surface area contributed by atoms with Gasteiger partial charge in [-0.3, -0.25) is 14.2 Å². The zero-order valence-electron chi connectivity index (χ0n) is 21.8. The number of halogens is 4. The summed E-state index contributed by atoms with van der Waals surface area (Å²) < 4.78 is 36.3. The molecule has 7 nitrogen and oxygen atoms in total. The van der Waals surface area contributed by atoms with Crippen LogP contribution in [0.4, 0.5) is 14.5 Å². The fourth-order valence-corrected chi connectivity index (χ4v) is 6.30. The molecule has 0 radical (unpaired) electrons. The van der Waals surface area contributed by atoms with E-state index in [1.54, 1.807) is 37.3 Å². The van der Waals surface area contributed by atoms with Crippen LogP contribution in [0.1, 0.15) is 24.0 Å². The SMILES string of the molecule is CCOC(=O)C1=C(N)n2c(s/c(=C\c3c(F)cccc3Cl)c2=O)=C(C(=O)Nc2ccccc2)C1c1c(F)cccc1Cl. The van der Waals surface area contributed by atoms with Crippen molar-refractivity contribution in [3.05, 3.63) is 125 Å². The molecule has 1 aliphatic rings. The summed E-state index contributed by atoms with van der Waals surface area (Å²) in [5.41, 5.74) is 5.28. The minimum atomic E-state index is -1.47. The number of hydrogen-bond donors (Lipinski definition) is 2. The van der Waals surface area contributed by atoms with E-state index < -0.39 is 35.0 Å². The summed E-state index contributed by atoms with van der Waals surface area (Å²) in [5, 5.41) is 2.70. The van der Waals surface area contributed by atoms with Crippen molar-refractivity contribution >= 4 is 69.6 Å². The number of nitrogens with two attached hydrogens (primary N) is 1. The molecule has 1 aliphatic heterocycles. The van der Waals surface area contributed by atoms with Crippen LogP contribution in [0.3, 0.4) is 0 Å². The van der Waals surface area contributed by atoms with E-state index in [0.29, 0.717) is 5.69 Å². The largest absolute Gasteiger partial charge is 0.463 e. The molecule has 0 saturated carbocycles. The molecular formula is C30H21Cl2F2N3O4S. The second-order valence-corrected chi connectivity index (χ2v) is 10.9. The van der Waals surface area contributed by atoms with Crippen molar-refractivity contribution in [2.45, 2.75) is 12.8 Å². The van der Waals surface area contributed by atoms with Crippen LogP contribution in [0, 0.1) is 11.6 Å². The van der Waals surface area contributed by atoms with Crippen molar-refractivity contribution in [3.8, 4) is 0 Å². The summed E-state index contributed by atoms with van der Waals surface area (Å²) in [6.07, 6.45) is 1.23. The summed E-state index contributed by atoms with van der Waals surface area (Å²) in [6, 6.07) is 16.3. The smallest absolute Gasteiger partial charge is 0.338 e. The zero-order chi connectivity index (χ0) is 30.1. The van der Waals surface area contributed by atoms with Gasteiger partial charge in [-0.1, -0.05) is 53.5 Å². The average Bonchev–Trinajstić information content (AvgIpc) is 3.27. The molecule has 4 aromatic rings. The molecule has 42 heavy (non-hydrogen) atoms. The van der Waals surface area contributed by atoms with Crippen LogP contribution in [0.25, 0.3) is 17.5 Å². The number of rotatable bonds is 6. The highest BCUT2D eigenvalue weighted by molar-refractivity contribution is 7.07. The lowest BCUT2D eigenvalue weighted by Gasteiger charge is -2.28. The van der Waals surface area contributed by atoms with Gasteiger partial charge in [0.2, 0.25) is 0 Å².